The Hall–Kier alpha value is -0.990. The number of hydroxylamine groups is 2. The van der Waals surface area contributed by atoms with Gasteiger partial charge >= 0.3 is 0 Å². The van der Waals surface area contributed by atoms with Crippen LogP contribution >= 0.6 is 0 Å². The molecule has 1 unspecified atom stereocenters. The minimum atomic E-state index is -4.25. The van der Waals surface area contributed by atoms with E-state index in [1.54, 1.807) is 0 Å². The smallest absolute Gasteiger partial charge is 0.249 e. The van der Waals surface area contributed by atoms with Crippen LogP contribution < -0.4 is 0 Å². The van der Waals surface area contributed by atoms with Crippen molar-refractivity contribution >= 4 is 21.8 Å². The predicted molar refractivity (Wildman–Crippen MR) is 61.8 cm³/mol. The van der Waals surface area contributed by atoms with E-state index in [0.717, 1.165) is 0 Å². The maximum absolute atomic E-state index is 11.5. The van der Waals surface area contributed by atoms with E-state index in [1.807, 2.05) is 0 Å². The molecular weight excluding hydrogens is 262 g/mol. The molecule has 1 atom stereocenters. The lowest BCUT2D eigenvalue weighted by atomic mass is 10.0. The van der Waals surface area contributed by atoms with E-state index in [2.05, 4.69) is 0 Å². The number of hydrogen-bond acceptors (Lipinski definition) is 6. The van der Waals surface area contributed by atoms with Crippen LogP contribution in [0, 0.1) is 5.92 Å². The minimum Gasteiger partial charge on any atom is -0.748 e. The summed E-state index contributed by atoms with van der Waals surface area (Å²) in [6, 6.07) is 0. The van der Waals surface area contributed by atoms with Crippen LogP contribution in [0.15, 0.2) is 0 Å². The van der Waals surface area contributed by atoms with Gasteiger partial charge in [-0.1, -0.05) is 6.92 Å². The van der Waals surface area contributed by atoms with Crippen molar-refractivity contribution in [3.63, 3.8) is 0 Å². The maximum Gasteiger partial charge on any atom is 0.249 e. The molecule has 0 fully saturated rings. The van der Waals surface area contributed by atoms with Gasteiger partial charge in [-0.25, -0.2) is 13.5 Å². The Morgan fingerprint density at radius 1 is 1.33 bits per heavy atom. The molecule has 1 N–H and O–H groups in total. The highest BCUT2D eigenvalue weighted by molar-refractivity contribution is 7.85. The van der Waals surface area contributed by atoms with Gasteiger partial charge in [0.15, 0.2) is 0 Å². The zero-order valence-corrected chi connectivity index (χ0v) is 11.3. The highest BCUT2D eigenvalue weighted by Gasteiger charge is 2.20. The molecule has 0 aromatic rings. The van der Waals surface area contributed by atoms with Gasteiger partial charge in [-0.15, -0.1) is 0 Å². The molecule has 106 valence electrons. The lowest BCUT2D eigenvalue weighted by molar-refractivity contribution is -0.170. The third kappa shape index (κ3) is 8.15. The largest absolute Gasteiger partial charge is 0.748 e. The highest BCUT2D eigenvalue weighted by Crippen LogP contribution is 2.07. The Morgan fingerprint density at radius 3 is 2.33 bits per heavy atom. The van der Waals surface area contributed by atoms with Gasteiger partial charge in [0.25, 0.3) is 0 Å². The number of carbonyl (C=O) groups is 2. The van der Waals surface area contributed by atoms with Crippen molar-refractivity contribution in [1.82, 2.24) is 5.06 Å². The van der Waals surface area contributed by atoms with Crippen LogP contribution in [0.3, 0.4) is 0 Å². The van der Waals surface area contributed by atoms with E-state index in [-0.39, 0.29) is 31.6 Å². The van der Waals surface area contributed by atoms with E-state index < -0.39 is 27.7 Å². The van der Waals surface area contributed by atoms with Gasteiger partial charge in [-0.3, -0.25) is 10.0 Å². The summed E-state index contributed by atoms with van der Waals surface area (Å²) in [7, 11) is -4.25. The van der Waals surface area contributed by atoms with E-state index in [0.29, 0.717) is 5.06 Å². The van der Waals surface area contributed by atoms with E-state index in [1.165, 1.54) is 13.8 Å². The lowest BCUT2D eigenvalue weighted by Crippen LogP contribution is -2.34. The third-order valence-electron chi connectivity index (χ3n) is 2.28. The summed E-state index contributed by atoms with van der Waals surface area (Å²) in [5.74, 6) is -1.87. The number of amides is 1. The zero-order valence-electron chi connectivity index (χ0n) is 10.5. The van der Waals surface area contributed by atoms with Crippen molar-refractivity contribution < 1.29 is 27.8 Å². The first-order chi connectivity index (χ1) is 8.13. The van der Waals surface area contributed by atoms with Gasteiger partial charge < -0.3 is 9.35 Å². The fraction of sp³-hybridized carbons (Fsp3) is 0.800. The second-order valence-electron chi connectivity index (χ2n) is 4.24. The fourth-order valence-electron chi connectivity index (χ4n) is 1.42. The summed E-state index contributed by atoms with van der Waals surface area (Å²) in [6.07, 6.45) is 0.332. The molecule has 0 aliphatic carbocycles. The second-order valence-corrected chi connectivity index (χ2v) is 5.76. The minimum absolute atomic E-state index is 0.0465. The highest BCUT2D eigenvalue weighted by atomic mass is 32.2. The average Bonchev–Trinajstić information content (AvgIpc) is 2.20. The molecular formula is C10H18NO6S-. The van der Waals surface area contributed by atoms with Gasteiger partial charge in [-0.05, 0) is 19.8 Å². The van der Waals surface area contributed by atoms with Crippen molar-refractivity contribution in [2.24, 2.45) is 5.92 Å². The number of unbranched alkanes of at least 4 members (excludes halogenated alkanes) is 1. The molecule has 0 saturated carbocycles. The molecule has 8 heteroatoms. The SMILES string of the molecule is CC(=O)CC(C)C(=O)N(O)CCCCS(=O)(=O)[O-]. The first-order valence-corrected chi connectivity index (χ1v) is 7.14. The zero-order chi connectivity index (χ0) is 14.3. The lowest BCUT2D eigenvalue weighted by Gasteiger charge is -2.18. The van der Waals surface area contributed by atoms with Crippen LogP contribution in [0.4, 0.5) is 0 Å². The normalized spacial score (nSPS) is 13.1. The molecule has 0 heterocycles. The number of nitrogens with zero attached hydrogens (tertiary/aromatic N) is 1. The van der Waals surface area contributed by atoms with Crippen molar-refractivity contribution in [3.05, 3.63) is 0 Å². The monoisotopic (exact) mass is 280 g/mol. The van der Waals surface area contributed by atoms with Gasteiger partial charge in [0, 0.05) is 24.6 Å². The molecule has 0 aromatic carbocycles. The molecule has 0 aliphatic heterocycles. The van der Waals surface area contributed by atoms with Crippen molar-refractivity contribution in [1.29, 1.82) is 0 Å². The Bertz CT molecular complexity index is 391. The number of carbonyl (C=O) groups excluding carboxylic acids is 2. The van der Waals surface area contributed by atoms with Crippen LogP contribution in [0.25, 0.3) is 0 Å². The van der Waals surface area contributed by atoms with Crippen LogP contribution in [0.5, 0.6) is 0 Å². The molecule has 0 bridgehead atoms. The van der Waals surface area contributed by atoms with Gasteiger partial charge in [-0.2, -0.15) is 0 Å². The van der Waals surface area contributed by atoms with Crippen LogP contribution in [-0.4, -0.2) is 47.2 Å². The summed E-state index contributed by atoms with van der Waals surface area (Å²) in [5.41, 5.74) is 0. The fourth-order valence-corrected chi connectivity index (χ4v) is 1.98. The van der Waals surface area contributed by atoms with Crippen LogP contribution in [0.2, 0.25) is 0 Å². The van der Waals surface area contributed by atoms with E-state index in [9.17, 15) is 27.8 Å². The summed E-state index contributed by atoms with van der Waals surface area (Å²) in [5, 5.41) is 9.84. The van der Waals surface area contributed by atoms with E-state index >= 15 is 0 Å². The number of ketones is 1. The van der Waals surface area contributed by atoms with E-state index in [4.69, 9.17) is 0 Å². The molecule has 18 heavy (non-hydrogen) atoms. The number of hydrogen-bond donors (Lipinski definition) is 1. The average molecular weight is 280 g/mol. The molecule has 7 nitrogen and oxygen atoms in total. The first kappa shape index (κ1) is 17.0. The van der Waals surface area contributed by atoms with Crippen molar-refractivity contribution in [3.8, 4) is 0 Å². The Labute approximate surface area is 106 Å². The molecule has 0 saturated heterocycles. The second kappa shape index (κ2) is 7.45. The summed E-state index contributed by atoms with van der Waals surface area (Å²) < 4.78 is 30.9. The first-order valence-electron chi connectivity index (χ1n) is 5.56. The summed E-state index contributed by atoms with van der Waals surface area (Å²) in [6.45, 7) is 2.82. The molecule has 0 rings (SSSR count). The Kier molecular flexibility index (Phi) is 7.04. The number of Topliss-reactive ketones (excluding diaryl/α,β-unsaturated/α-hetero) is 1. The van der Waals surface area contributed by atoms with Crippen LogP contribution in [0.1, 0.15) is 33.1 Å². The quantitative estimate of drug-likeness (QED) is 0.293. The third-order valence-corrected chi connectivity index (χ3v) is 3.07. The van der Waals surface area contributed by atoms with Gasteiger partial charge in [0.1, 0.15) is 5.78 Å². The molecule has 0 aromatic heterocycles. The van der Waals surface area contributed by atoms with Gasteiger partial charge in [0.05, 0.1) is 10.1 Å². The Morgan fingerprint density at radius 2 is 1.89 bits per heavy atom. The summed E-state index contributed by atoms with van der Waals surface area (Å²) in [4.78, 5) is 22.3. The molecule has 1 amide bonds. The van der Waals surface area contributed by atoms with Crippen molar-refractivity contribution in [2.75, 3.05) is 12.3 Å². The number of rotatable bonds is 8. The maximum atomic E-state index is 11.5. The van der Waals surface area contributed by atoms with Gasteiger partial charge in [0.2, 0.25) is 5.91 Å². The summed E-state index contributed by atoms with van der Waals surface area (Å²) >= 11 is 0. The molecule has 0 aliphatic rings. The van der Waals surface area contributed by atoms with Crippen molar-refractivity contribution in [2.45, 2.75) is 33.1 Å². The standard InChI is InChI=1S/C10H19NO6S/c1-8(7-9(2)12)10(13)11(14)5-3-4-6-18(15,16)17/h8,14H,3-7H2,1-2H3,(H,15,16,17)/p-1. The molecule has 0 spiro atoms. The topological polar surface area (TPSA) is 115 Å². The molecule has 0 radical (unpaired) electrons. The predicted octanol–water partition coefficient (Wildman–Crippen LogP) is 0.145. The van der Waals surface area contributed by atoms with Crippen LogP contribution in [-0.2, 0) is 19.7 Å². The Balaban J connectivity index is 3.98.